The third kappa shape index (κ3) is 5.68. The molecule has 3 aromatic carbocycles. The van der Waals surface area contributed by atoms with Gasteiger partial charge in [-0.1, -0.05) is 72.3 Å². The van der Waals surface area contributed by atoms with Crippen LogP contribution in [0.4, 0.5) is 4.39 Å². The van der Waals surface area contributed by atoms with Crippen molar-refractivity contribution < 1.29 is 9.18 Å². The molecule has 1 amide bonds. The lowest BCUT2D eigenvalue weighted by atomic mass is 9.90. The second-order valence-electron chi connectivity index (χ2n) is 9.84. The smallest absolute Gasteiger partial charge is 0.257 e. The molecule has 180 valence electrons. The molecule has 1 fully saturated rings. The van der Waals surface area contributed by atoms with Gasteiger partial charge in [0.1, 0.15) is 5.82 Å². The van der Waals surface area contributed by atoms with Crippen molar-refractivity contribution >= 4 is 11.6 Å². The third-order valence-electron chi connectivity index (χ3n) is 7.21. The minimum Gasteiger partial charge on any atom is -0.294 e. The number of carbonyl (C=O) groups is 1. The Kier molecular flexibility index (Phi) is 7.05. The predicted molar refractivity (Wildman–Crippen MR) is 138 cm³/mol. The highest BCUT2D eigenvalue weighted by Crippen LogP contribution is 2.33. The maximum absolute atomic E-state index is 13.6. The molecule has 4 nitrogen and oxygen atoms in total. The van der Waals surface area contributed by atoms with Crippen molar-refractivity contribution in [2.45, 2.75) is 38.6 Å². The molecule has 0 saturated carbocycles. The molecule has 0 N–H and O–H groups in total. The molecule has 35 heavy (non-hydrogen) atoms. The van der Waals surface area contributed by atoms with Gasteiger partial charge in [0.15, 0.2) is 0 Å². The quantitative estimate of drug-likeness (QED) is 0.460. The van der Waals surface area contributed by atoms with Crippen molar-refractivity contribution in [2.24, 2.45) is 11.0 Å². The minimum atomic E-state index is -0.275. The molecule has 2 aliphatic rings. The maximum atomic E-state index is 13.6. The highest BCUT2D eigenvalue weighted by molar-refractivity contribution is 6.03. The zero-order chi connectivity index (χ0) is 24.2. The summed E-state index contributed by atoms with van der Waals surface area (Å²) in [5, 5.41) is 6.44. The number of hydrogen-bond donors (Lipinski definition) is 0. The van der Waals surface area contributed by atoms with E-state index < -0.39 is 0 Å². The van der Waals surface area contributed by atoms with Crippen LogP contribution >= 0.6 is 0 Å². The SMILES string of the molecule is Cc1cccc(C2=NN(C(=O)CN3CCC(Cc4ccccc4)CC3)[C@@H](c3ccc(F)cc3)C2)c1. The summed E-state index contributed by atoms with van der Waals surface area (Å²) >= 11 is 0. The number of hydrazone groups is 1. The van der Waals surface area contributed by atoms with Crippen molar-refractivity contribution in [3.63, 3.8) is 0 Å². The first kappa shape index (κ1) is 23.4. The molecular weight excluding hydrogens is 437 g/mol. The Balaban J connectivity index is 1.27. The highest BCUT2D eigenvalue weighted by atomic mass is 19.1. The van der Waals surface area contributed by atoms with Crippen LogP contribution in [-0.4, -0.2) is 41.2 Å². The lowest BCUT2D eigenvalue weighted by molar-refractivity contribution is -0.134. The third-order valence-corrected chi connectivity index (χ3v) is 7.21. The van der Waals surface area contributed by atoms with E-state index in [1.807, 2.05) is 12.1 Å². The monoisotopic (exact) mass is 469 g/mol. The Morgan fingerprint density at radius 2 is 1.71 bits per heavy atom. The van der Waals surface area contributed by atoms with Crippen LogP contribution < -0.4 is 0 Å². The highest BCUT2D eigenvalue weighted by Gasteiger charge is 2.34. The Labute approximate surface area is 207 Å². The van der Waals surface area contributed by atoms with Gasteiger partial charge in [-0.2, -0.15) is 5.10 Å². The largest absolute Gasteiger partial charge is 0.294 e. The van der Waals surface area contributed by atoms with Gasteiger partial charge in [-0.05, 0) is 74.0 Å². The molecule has 0 unspecified atom stereocenters. The first-order valence-corrected chi connectivity index (χ1v) is 12.5. The van der Waals surface area contributed by atoms with Crippen molar-refractivity contribution in [2.75, 3.05) is 19.6 Å². The number of hydrogen-bond acceptors (Lipinski definition) is 3. The average Bonchev–Trinajstić information content (AvgIpc) is 3.32. The van der Waals surface area contributed by atoms with Gasteiger partial charge in [0, 0.05) is 6.42 Å². The number of piperidine rings is 1. The molecular formula is C30H32FN3O. The number of likely N-dealkylation sites (tertiary alicyclic amines) is 1. The molecule has 5 rings (SSSR count). The van der Waals surface area contributed by atoms with Gasteiger partial charge in [-0.25, -0.2) is 9.40 Å². The standard InChI is InChI=1S/C30H32FN3O/c1-22-6-5-9-26(18-22)28-20-29(25-10-12-27(31)13-11-25)34(32-28)30(35)21-33-16-14-24(15-17-33)19-23-7-3-2-4-8-23/h2-13,18,24,29H,14-17,19-21H2,1H3/t29-/m1/s1. The van der Waals surface area contributed by atoms with Crippen LogP contribution in [0.25, 0.3) is 0 Å². The molecule has 0 radical (unpaired) electrons. The Bertz CT molecular complexity index is 1180. The normalized spacial score (nSPS) is 19.1. The summed E-state index contributed by atoms with van der Waals surface area (Å²) in [7, 11) is 0. The van der Waals surface area contributed by atoms with Crippen molar-refractivity contribution in [1.82, 2.24) is 9.91 Å². The van der Waals surface area contributed by atoms with E-state index in [9.17, 15) is 9.18 Å². The lowest BCUT2D eigenvalue weighted by Crippen LogP contribution is -2.42. The number of rotatable bonds is 6. The summed E-state index contributed by atoms with van der Waals surface area (Å²) in [6, 6.07) is 25.1. The number of amides is 1. The molecule has 0 aliphatic carbocycles. The molecule has 0 bridgehead atoms. The summed E-state index contributed by atoms with van der Waals surface area (Å²) in [5.41, 5.74) is 5.39. The van der Waals surface area contributed by atoms with Gasteiger partial charge in [0.05, 0.1) is 18.3 Å². The van der Waals surface area contributed by atoms with Gasteiger partial charge >= 0.3 is 0 Å². The molecule has 2 aliphatic heterocycles. The molecule has 2 heterocycles. The second kappa shape index (κ2) is 10.5. The molecule has 1 saturated heterocycles. The molecule has 1 atom stereocenters. The summed E-state index contributed by atoms with van der Waals surface area (Å²) < 4.78 is 13.6. The minimum absolute atomic E-state index is 0.00323. The molecule has 0 aromatic heterocycles. The topological polar surface area (TPSA) is 35.9 Å². The van der Waals surface area contributed by atoms with Crippen LogP contribution in [0.1, 0.15) is 47.6 Å². The first-order chi connectivity index (χ1) is 17.0. The van der Waals surface area contributed by atoms with Crippen molar-refractivity contribution in [1.29, 1.82) is 0 Å². The molecule has 0 spiro atoms. The molecule has 5 heteroatoms. The van der Waals surface area contributed by atoms with Crippen LogP contribution in [0, 0.1) is 18.7 Å². The zero-order valence-electron chi connectivity index (χ0n) is 20.2. The summed E-state index contributed by atoms with van der Waals surface area (Å²) in [5.74, 6) is 0.389. The van der Waals surface area contributed by atoms with E-state index in [0.717, 1.165) is 54.8 Å². The van der Waals surface area contributed by atoms with Crippen LogP contribution in [0.5, 0.6) is 0 Å². The second-order valence-corrected chi connectivity index (χ2v) is 9.84. The van der Waals surface area contributed by atoms with E-state index >= 15 is 0 Å². The van der Waals surface area contributed by atoms with Crippen molar-refractivity contribution in [3.05, 3.63) is 107 Å². The van der Waals surface area contributed by atoms with E-state index in [1.165, 1.54) is 17.7 Å². The Morgan fingerprint density at radius 3 is 2.43 bits per heavy atom. The predicted octanol–water partition coefficient (Wildman–Crippen LogP) is 5.77. The summed E-state index contributed by atoms with van der Waals surface area (Å²) in [6.45, 7) is 4.26. The van der Waals surface area contributed by atoms with Gasteiger partial charge in [-0.15, -0.1) is 0 Å². The fourth-order valence-electron chi connectivity index (χ4n) is 5.24. The fraction of sp³-hybridized carbons (Fsp3) is 0.333. The zero-order valence-corrected chi connectivity index (χ0v) is 20.2. The summed E-state index contributed by atoms with van der Waals surface area (Å²) in [6.07, 6.45) is 3.92. The van der Waals surface area contributed by atoms with Crippen LogP contribution in [0.3, 0.4) is 0 Å². The Hall–Kier alpha value is -3.31. The van der Waals surface area contributed by atoms with E-state index in [0.29, 0.717) is 18.9 Å². The van der Waals surface area contributed by atoms with Gasteiger partial charge in [-0.3, -0.25) is 9.69 Å². The Morgan fingerprint density at radius 1 is 0.971 bits per heavy atom. The number of aryl methyl sites for hydroxylation is 1. The number of benzene rings is 3. The average molecular weight is 470 g/mol. The first-order valence-electron chi connectivity index (χ1n) is 12.5. The lowest BCUT2D eigenvalue weighted by Gasteiger charge is -2.33. The fourth-order valence-corrected chi connectivity index (χ4v) is 5.24. The van der Waals surface area contributed by atoms with Gasteiger partial charge in [0.2, 0.25) is 0 Å². The number of halogens is 1. The van der Waals surface area contributed by atoms with Crippen molar-refractivity contribution in [3.8, 4) is 0 Å². The van der Waals surface area contributed by atoms with Crippen LogP contribution in [-0.2, 0) is 11.2 Å². The van der Waals surface area contributed by atoms with E-state index in [4.69, 9.17) is 5.10 Å². The van der Waals surface area contributed by atoms with Gasteiger partial charge < -0.3 is 0 Å². The van der Waals surface area contributed by atoms with Crippen LogP contribution in [0.2, 0.25) is 0 Å². The maximum Gasteiger partial charge on any atom is 0.257 e. The number of carbonyl (C=O) groups excluding carboxylic acids is 1. The molecule has 3 aromatic rings. The van der Waals surface area contributed by atoms with E-state index in [-0.39, 0.29) is 17.8 Å². The van der Waals surface area contributed by atoms with Crippen LogP contribution in [0.15, 0.2) is 84.0 Å². The summed E-state index contributed by atoms with van der Waals surface area (Å²) in [4.78, 5) is 15.7. The van der Waals surface area contributed by atoms with Gasteiger partial charge in [0.25, 0.3) is 5.91 Å². The van der Waals surface area contributed by atoms with E-state index in [2.05, 4.69) is 54.3 Å². The van der Waals surface area contributed by atoms with E-state index in [1.54, 1.807) is 17.1 Å². The number of nitrogens with zero attached hydrogens (tertiary/aromatic N) is 3.